The number of nitrogens with zero attached hydrogens (tertiary/aromatic N) is 3. The summed E-state index contributed by atoms with van der Waals surface area (Å²) in [5, 5.41) is 18.8. The van der Waals surface area contributed by atoms with E-state index in [9.17, 15) is 4.79 Å². The normalized spacial score (nSPS) is 11.5. The van der Waals surface area contributed by atoms with Crippen molar-refractivity contribution in [2.75, 3.05) is 5.32 Å². The number of nitrogens with one attached hydrogen (secondary N) is 1. The topological polar surface area (TPSA) is 106 Å². The highest BCUT2D eigenvalue weighted by Crippen LogP contribution is 2.23. The van der Waals surface area contributed by atoms with E-state index < -0.39 is 5.91 Å². The number of nitrogens with two attached hydrogens (primary N) is 1. The Morgan fingerprint density at radius 2 is 2.14 bits per heavy atom. The minimum absolute atomic E-state index is 0.160. The molecule has 0 fully saturated rings. The lowest BCUT2D eigenvalue weighted by molar-refractivity contribution is 0.102. The van der Waals surface area contributed by atoms with E-state index in [1.54, 1.807) is 7.05 Å². The molecular weight excluding hydrogens is 317 g/mol. The number of rotatable bonds is 3. The Labute approximate surface area is 129 Å². The Morgan fingerprint density at radius 1 is 1.43 bits per heavy atom. The van der Waals surface area contributed by atoms with Crippen LogP contribution in [0.15, 0.2) is 29.6 Å². The first-order chi connectivity index (χ1) is 9.93. The highest BCUT2D eigenvalue weighted by atomic mass is 35.5. The second-order valence-corrected chi connectivity index (χ2v) is 4.91. The van der Waals surface area contributed by atoms with E-state index in [0.717, 1.165) is 0 Å². The van der Waals surface area contributed by atoms with Gasteiger partial charge in [0.2, 0.25) is 0 Å². The number of benzene rings is 1. The Hall–Kier alpha value is -2.25. The first kappa shape index (κ1) is 15.1. The van der Waals surface area contributed by atoms with Crippen LogP contribution in [0.5, 0.6) is 0 Å². The van der Waals surface area contributed by atoms with Gasteiger partial charge in [-0.15, -0.1) is 0 Å². The Bertz CT molecular complexity index is 726. The molecule has 110 valence electrons. The van der Waals surface area contributed by atoms with Crippen molar-refractivity contribution < 1.29 is 10.0 Å². The van der Waals surface area contributed by atoms with Gasteiger partial charge in [0, 0.05) is 12.6 Å². The second-order valence-electron chi connectivity index (χ2n) is 4.10. The maximum absolute atomic E-state index is 12.2. The van der Waals surface area contributed by atoms with Crippen LogP contribution < -0.4 is 11.1 Å². The van der Waals surface area contributed by atoms with Gasteiger partial charge in [0.05, 0.1) is 21.8 Å². The maximum atomic E-state index is 12.2. The molecule has 2 aromatic rings. The zero-order valence-corrected chi connectivity index (χ0v) is 12.4. The van der Waals surface area contributed by atoms with Gasteiger partial charge in [-0.1, -0.05) is 28.4 Å². The molecule has 0 radical (unpaired) electrons. The van der Waals surface area contributed by atoms with Crippen molar-refractivity contribution in [3.05, 3.63) is 45.6 Å². The molecule has 9 heteroatoms. The number of aryl methyl sites for hydroxylation is 1. The SMILES string of the molecule is Cn1ncc(C(N)=NO)c1NC(=O)c1ccc(Cl)c(Cl)c1. The molecule has 2 rings (SSSR count). The number of carbonyl (C=O) groups is 1. The lowest BCUT2D eigenvalue weighted by atomic mass is 10.2. The van der Waals surface area contributed by atoms with Crippen molar-refractivity contribution in [3.8, 4) is 0 Å². The van der Waals surface area contributed by atoms with Gasteiger partial charge in [-0.05, 0) is 18.2 Å². The third kappa shape index (κ3) is 3.09. The van der Waals surface area contributed by atoms with Crippen LogP contribution in [0.25, 0.3) is 0 Å². The van der Waals surface area contributed by atoms with Gasteiger partial charge in [0.15, 0.2) is 5.84 Å². The van der Waals surface area contributed by atoms with Crippen LogP contribution in [0.4, 0.5) is 5.82 Å². The van der Waals surface area contributed by atoms with Crippen molar-refractivity contribution in [1.82, 2.24) is 9.78 Å². The number of amides is 1. The summed E-state index contributed by atoms with van der Waals surface area (Å²) in [4.78, 5) is 12.2. The molecule has 0 unspecified atom stereocenters. The van der Waals surface area contributed by atoms with Crippen LogP contribution >= 0.6 is 23.2 Å². The van der Waals surface area contributed by atoms with E-state index in [4.69, 9.17) is 34.1 Å². The Kier molecular flexibility index (Phi) is 4.35. The molecule has 4 N–H and O–H groups in total. The fraction of sp³-hybridized carbons (Fsp3) is 0.0833. The summed E-state index contributed by atoms with van der Waals surface area (Å²) in [6.07, 6.45) is 1.37. The number of carbonyl (C=O) groups excluding carboxylic acids is 1. The van der Waals surface area contributed by atoms with E-state index in [0.29, 0.717) is 22.0 Å². The minimum atomic E-state index is -0.427. The van der Waals surface area contributed by atoms with E-state index in [2.05, 4.69) is 15.6 Å². The van der Waals surface area contributed by atoms with Crippen molar-refractivity contribution in [2.45, 2.75) is 0 Å². The zero-order valence-electron chi connectivity index (χ0n) is 10.8. The molecule has 21 heavy (non-hydrogen) atoms. The summed E-state index contributed by atoms with van der Waals surface area (Å²) in [6, 6.07) is 4.49. The Balaban J connectivity index is 2.31. The summed E-state index contributed by atoms with van der Waals surface area (Å²) in [6.45, 7) is 0. The molecule has 0 atom stereocenters. The summed E-state index contributed by atoms with van der Waals surface area (Å²) in [7, 11) is 1.61. The highest BCUT2D eigenvalue weighted by Gasteiger charge is 2.16. The van der Waals surface area contributed by atoms with Gasteiger partial charge in [0.25, 0.3) is 5.91 Å². The summed E-state index contributed by atoms with van der Waals surface area (Å²) in [5.74, 6) is -0.293. The van der Waals surface area contributed by atoms with Crippen LogP contribution in [-0.4, -0.2) is 26.7 Å². The molecule has 7 nitrogen and oxygen atoms in total. The monoisotopic (exact) mass is 327 g/mol. The lowest BCUT2D eigenvalue weighted by Crippen LogP contribution is -2.20. The molecule has 1 aromatic carbocycles. The van der Waals surface area contributed by atoms with Crippen molar-refractivity contribution in [2.24, 2.45) is 17.9 Å². The molecule has 0 saturated carbocycles. The number of hydrogen-bond acceptors (Lipinski definition) is 4. The van der Waals surface area contributed by atoms with Gasteiger partial charge in [-0.3, -0.25) is 9.48 Å². The summed E-state index contributed by atoms with van der Waals surface area (Å²) in [5.41, 5.74) is 6.14. The molecule has 0 bridgehead atoms. The van der Waals surface area contributed by atoms with E-state index >= 15 is 0 Å². The number of anilines is 1. The smallest absolute Gasteiger partial charge is 0.256 e. The van der Waals surface area contributed by atoms with Gasteiger partial charge in [-0.25, -0.2) is 0 Å². The second kappa shape index (κ2) is 6.02. The number of hydrogen-bond donors (Lipinski definition) is 3. The fourth-order valence-corrected chi connectivity index (χ4v) is 1.94. The van der Waals surface area contributed by atoms with E-state index in [1.165, 1.54) is 29.1 Å². The molecule has 0 spiro atoms. The van der Waals surface area contributed by atoms with Crippen molar-refractivity contribution in [3.63, 3.8) is 0 Å². The average Bonchev–Trinajstić information content (AvgIpc) is 2.82. The highest BCUT2D eigenvalue weighted by molar-refractivity contribution is 6.42. The molecule has 0 saturated heterocycles. The first-order valence-electron chi connectivity index (χ1n) is 5.70. The number of amidine groups is 1. The minimum Gasteiger partial charge on any atom is -0.409 e. The lowest BCUT2D eigenvalue weighted by Gasteiger charge is -2.08. The average molecular weight is 328 g/mol. The molecule has 1 amide bonds. The predicted octanol–water partition coefficient (Wildman–Crippen LogP) is 2.07. The molecule has 0 aliphatic rings. The molecule has 1 heterocycles. The van der Waals surface area contributed by atoms with Gasteiger partial charge in [-0.2, -0.15) is 5.10 Å². The van der Waals surface area contributed by atoms with E-state index in [1.807, 2.05) is 0 Å². The quantitative estimate of drug-likeness (QED) is 0.347. The number of aromatic nitrogens is 2. The largest absolute Gasteiger partial charge is 0.409 e. The van der Waals surface area contributed by atoms with Gasteiger partial charge >= 0.3 is 0 Å². The standard InChI is InChI=1S/C12H11Cl2N5O2/c1-19-11(7(5-16-19)10(15)18-21)17-12(20)6-2-3-8(13)9(14)4-6/h2-5,21H,1H3,(H2,15,18)(H,17,20). The number of oxime groups is 1. The van der Waals surface area contributed by atoms with Crippen LogP contribution in [0.2, 0.25) is 10.0 Å². The molecule has 1 aromatic heterocycles. The maximum Gasteiger partial charge on any atom is 0.256 e. The summed E-state index contributed by atoms with van der Waals surface area (Å²) >= 11 is 11.7. The van der Waals surface area contributed by atoms with Crippen LogP contribution in [0, 0.1) is 0 Å². The first-order valence-corrected chi connectivity index (χ1v) is 6.46. The van der Waals surface area contributed by atoms with E-state index in [-0.39, 0.29) is 10.9 Å². The van der Waals surface area contributed by atoms with Gasteiger partial charge < -0.3 is 16.3 Å². The van der Waals surface area contributed by atoms with Crippen LogP contribution in [0.1, 0.15) is 15.9 Å². The summed E-state index contributed by atoms with van der Waals surface area (Å²) < 4.78 is 1.39. The van der Waals surface area contributed by atoms with Crippen molar-refractivity contribution in [1.29, 1.82) is 0 Å². The third-order valence-electron chi connectivity index (χ3n) is 2.74. The molecular formula is C12H11Cl2N5O2. The molecule has 0 aliphatic carbocycles. The zero-order chi connectivity index (χ0) is 15.6. The van der Waals surface area contributed by atoms with Crippen LogP contribution in [0.3, 0.4) is 0 Å². The van der Waals surface area contributed by atoms with Crippen molar-refractivity contribution >= 4 is 40.8 Å². The predicted molar refractivity (Wildman–Crippen MR) is 80.1 cm³/mol. The fourth-order valence-electron chi connectivity index (χ4n) is 1.64. The third-order valence-corrected chi connectivity index (χ3v) is 3.48. The van der Waals surface area contributed by atoms with Gasteiger partial charge in [0.1, 0.15) is 5.82 Å². The molecule has 0 aliphatic heterocycles. The van der Waals surface area contributed by atoms with Crippen LogP contribution in [-0.2, 0) is 7.05 Å². The Morgan fingerprint density at radius 3 is 2.76 bits per heavy atom. The number of halogens is 2.